The van der Waals surface area contributed by atoms with Crippen LogP contribution in [0.1, 0.15) is 50.7 Å². The van der Waals surface area contributed by atoms with Gasteiger partial charge in [-0.25, -0.2) is 22.8 Å². The van der Waals surface area contributed by atoms with Crippen molar-refractivity contribution < 1.29 is 17.5 Å². The minimum atomic E-state index is -4.03. The second kappa shape index (κ2) is 9.25. The van der Waals surface area contributed by atoms with E-state index in [0.29, 0.717) is 29.4 Å². The van der Waals surface area contributed by atoms with Crippen molar-refractivity contribution in [2.45, 2.75) is 68.4 Å². The maximum absolute atomic E-state index is 13.8. The van der Waals surface area contributed by atoms with Crippen LogP contribution in [0.25, 0.3) is 11.3 Å². The SMILES string of the molecule is CN(c1c(O[C@H]2CC[C@H](N)CC2)ccc2c1CC(C)(C)c1c(N)ncnc1-2)S(=O)(=O)c1ccc(F)cc1. The highest BCUT2D eigenvalue weighted by atomic mass is 32.2. The van der Waals surface area contributed by atoms with E-state index >= 15 is 0 Å². The molecule has 37 heavy (non-hydrogen) atoms. The molecule has 1 fully saturated rings. The molecule has 2 aromatic carbocycles. The lowest BCUT2D eigenvalue weighted by molar-refractivity contribution is 0.147. The first kappa shape index (κ1) is 25.4. The van der Waals surface area contributed by atoms with Gasteiger partial charge in [0.05, 0.1) is 22.4 Å². The van der Waals surface area contributed by atoms with Crippen molar-refractivity contribution in [3.05, 3.63) is 59.7 Å². The highest BCUT2D eigenvalue weighted by molar-refractivity contribution is 7.92. The molecular weight excluding hydrogens is 493 g/mol. The van der Waals surface area contributed by atoms with E-state index in [9.17, 15) is 12.8 Å². The zero-order chi connectivity index (χ0) is 26.5. The number of aromatic nitrogens is 2. The predicted molar refractivity (Wildman–Crippen MR) is 141 cm³/mol. The number of hydrogen-bond donors (Lipinski definition) is 2. The lowest BCUT2D eigenvalue weighted by Crippen LogP contribution is -2.34. The Kier molecular flexibility index (Phi) is 6.35. The molecule has 1 aromatic heterocycles. The average molecular weight is 526 g/mol. The summed E-state index contributed by atoms with van der Waals surface area (Å²) in [6, 6.07) is 8.71. The van der Waals surface area contributed by atoms with Crippen LogP contribution in [0.4, 0.5) is 15.9 Å². The van der Waals surface area contributed by atoms with Crippen LogP contribution in [-0.2, 0) is 21.9 Å². The fraction of sp³-hybridized carbons (Fsp3) is 0.407. The zero-order valence-electron chi connectivity index (χ0n) is 21.2. The van der Waals surface area contributed by atoms with Gasteiger partial charge in [0, 0.05) is 24.2 Å². The summed E-state index contributed by atoms with van der Waals surface area (Å²) in [4.78, 5) is 8.74. The van der Waals surface area contributed by atoms with Crippen LogP contribution in [0.15, 0.2) is 47.6 Å². The van der Waals surface area contributed by atoms with Crippen molar-refractivity contribution in [1.29, 1.82) is 0 Å². The van der Waals surface area contributed by atoms with E-state index in [1.54, 1.807) is 6.07 Å². The summed E-state index contributed by atoms with van der Waals surface area (Å²) < 4.78 is 48.8. The molecule has 0 radical (unpaired) electrons. The van der Waals surface area contributed by atoms with Gasteiger partial charge >= 0.3 is 0 Å². The number of benzene rings is 2. The first-order chi connectivity index (χ1) is 17.5. The molecule has 0 bridgehead atoms. The van der Waals surface area contributed by atoms with Crippen molar-refractivity contribution in [1.82, 2.24) is 9.97 Å². The van der Waals surface area contributed by atoms with Gasteiger partial charge in [0.15, 0.2) is 0 Å². The number of fused-ring (bicyclic) bond motifs is 3. The third-order valence-corrected chi connectivity index (χ3v) is 9.24. The van der Waals surface area contributed by atoms with Crippen LogP contribution in [0.3, 0.4) is 0 Å². The van der Waals surface area contributed by atoms with Crippen molar-refractivity contribution in [3.8, 4) is 17.0 Å². The second-order valence-corrected chi connectivity index (χ2v) is 12.5. The van der Waals surface area contributed by atoms with Gasteiger partial charge < -0.3 is 16.2 Å². The molecular formula is C27H32FN5O3S. The third kappa shape index (κ3) is 4.53. The van der Waals surface area contributed by atoms with E-state index in [1.165, 1.54) is 29.8 Å². The third-order valence-electron chi connectivity index (χ3n) is 7.47. The quantitative estimate of drug-likeness (QED) is 0.512. The van der Waals surface area contributed by atoms with Gasteiger partial charge in [0.25, 0.3) is 10.0 Å². The Morgan fingerprint density at radius 1 is 1.05 bits per heavy atom. The van der Waals surface area contributed by atoms with E-state index in [0.717, 1.165) is 54.5 Å². The number of nitrogens with zero attached hydrogens (tertiary/aromatic N) is 3. The zero-order valence-corrected chi connectivity index (χ0v) is 22.1. The predicted octanol–water partition coefficient (Wildman–Crippen LogP) is 4.17. The Morgan fingerprint density at radius 3 is 2.41 bits per heavy atom. The minimum Gasteiger partial charge on any atom is -0.488 e. The van der Waals surface area contributed by atoms with Crippen molar-refractivity contribution in [2.24, 2.45) is 5.73 Å². The summed E-state index contributed by atoms with van der Waals surface area (Å²) in [5.74, 6) is 0.385. The van der Waals surface area contributed by atoms with E-state index in [2.05, 4.69) is 9.97 Å². The summed E-state index contributed by atoms with van der Waals surface area (Å²) in [5, 5.41) is 0. The molecule has 4 N–H and O–H groups in total. The normalized spacial score (nSPS) is 20.6. The summed E-state index contributed by atoms with van der Waals surface area (Å²) in [6.07, 6.45) is 5.15. The highest BCUT2D eigenvalue weighted by Gasteiger charge is 2.39. The van der Waals surface area contributed by atoms with Crippen LogP contribution in [0, 0.1) is 5.82 Å². The van der Waals surface area contributed by atoms with Crippen LogP contribution in [-0.4, -0.2) is 37.6 Å². The largest absolute Gasteiger partial charge is 0.488 e. The molecule has 2 aliphatic carbocycles. The standard InChI is InChI=1S/C27H32FN5O3S/c1-27(2)14-21-20(24-23(27)26(30)32-15-31-24)12-13-22(36-18-8-6-17(29)7-9-18)25(21)33(3)37(34,35)19-10-4-16(28)5-11-19/h4-5,10-13,15,17-18H,6-9,14,29H2,1-3H3,(H2,30,31,32)/t17-,18-. The van der Waals surface area contributed by atoms with Crippen molar-refractivity contribution in [2.75, 3.05) is 17.1 Å². The molecule has 0 unspecified atom stereocenters. The Morgan fingerprint density at radius 2 is 1.73 bits per heavy atom. The molecule has 196 valence electrons. The van der Waals surface area contributed by atoms with Crippen LogP contribution in [0.2, 0.25) is 0 Å². The number of ether oxygens (including phenoxy) is 1. The van der Waals surface area contributed by atoms with Crippen molar-refractivity contribution in [3.63, 3.8) is 0 Å². The molecule has 0 atom stereocenters. The molecule has 1 saturated carbocycles. The molecule has 10 heteroatoms. The molecule has 0 amide bonds. The lowest BCUT2D eigenvalue weighted by Gasteiger charge is -2.37. The Bertz CT molecular complexity index is 1440. The lowest BCUT2D eigenvalue weighted by atomic mass is 9.71. The fourth-order valence-electron chi connectivity index (χ4n) is 5.53. The molecule has 8 nitrogen and oxygen atoms in total. The van der Waals surface area contributed by atoms with Gasteiger partial charge in [-0.15, -0.1) is 0 Å². The molecule has 5 rings (SSSR count). The van der Waals surface area contributed by atoms with E-state index in [-0.39, 0.29) is 17.0 Å². The number of anilines is 2. The number of halogens is 1. The van der Waals surface area contributed by atoms with Gasteiger partial charge in [-0.05, 0) is 79.5 Å². The Hall–Kier alpha value is -3.24. The van der Waals surface area contributed by atoms with Gasteiger partial charge in [0.2, 0.25) is 0 Å². The topological polar surface area (TPSA) is 124 Å². The summed E-state index contributed by atoms with van der Waals surface area (Å²) in [7, 11) is -2.52. The second-order valence-electron chi connectivity index (χ2n) is 10.6. The van der Waals surface area contributed by atoms with E-state index in [1.807, 2.05) is 19.9 Å². The van der Waals surface area contributed by atoms with Crippen molar-refractivity contribution >= 4 is 21.5 Å². The van der Waals surface area contributed by atoms with Crippen LogP contribution < -0.4 is 20.5 Å². The summed E-state index contributed by atoms with van der Waals surface area (Å²) in [6.45, 7) is 4.09. The molecule has 0 aliphatic heterocycles. The molecule has 0 saturated heterocycles. The fourth-order valence-corrected chi connectivity index (χ4v) is 6.76. The Balaban J connectivity index is 1.68. The summed E-state index contributed by atoms with van der Waals surface area (Å²) >= 11 is 0. The maximum atomic E-state index is 13.8. The van der Waals surface area contributed by atoms with E-state index < -0.39 is 21.3 Å². The van der Waals surface area contributed by atoms with Gasteiger partial charge in [-0.1, -0.05) is 13.8 Å². The maximum Gasteiger partial charge on any atom is 0.264 e. The highest BCUT2D eigenvalue weighted by Crippen LogP contribution is 2.50. The van der Waals surface area contributed by atoms with Crippen LogP contribution >= 0.6 is 0 Å². The monoisotopic (exact) mass is 525 g/mol. The molecule has 3 aromatic rings. The smallest absolute Gasteiger partial charge is 0.264 e. The van der Waals surface area contributed by atoms with Gasteiger partial charge in [-0.3, -0.25) is 4.31 Å². The number of nitrogen functional groups attached to an aromatic ring is 1. The molecule has 0 spiro atoms. The summed E-state index contributed by atoms with van der Waals surface area (Å²) in [5.41, 5.74) is 15.5. The van der Waals surface area contributed by atoms with E-state index in [4.69, 9.17) is 16.2 Å². The number of nitrogens with two attached hydrogens (primary N) is 2. The number of sulfonamides is 1. The first-order valence-electron chi connectivity index (χ1n) is 12.4. The average Bonchev–Trinajstić information content (AvgIpc) is 2.85. The number of hydrogen-bond acceptors (Lipinski definition) is 7. The first-order valence-corrected chi connectivity index (χ1v) is 13.9. The minimum absolute atomic E-state index is 0.00867. The molecule has 2 aliphatic rings. The van der Waals surface area contributed by atoms with Crippen LogP contribution in [0.5, 0.6) is 5.75 Å². The van der Waals surface area contributed by atoms with Gasteiger partial charge in [-0.2, -0.15) is 0 Å². The van der Waals surface area contributed by atoms with Gasteiger partial charge in [0.1, 0.15) is 23.7 Å². The Labute approximate surface area is 216 Å². The number of rotatable bonds is 5. The molecule has 1 heterocycles.